The highest BCUT2D eigenvalue weighted by molar-refractivity contribution is 7.62. The number of esters is 1. The van der Waals surface area contributed by atoms with E-state index in [4.69, 9.17) is 14.2 Å². The first-order valence-corrected chi connectivity index (χ1v) is 12.1. The van der Waals surface area contributed by atoms with Crippen LogP contribution in [0.5, 0.6) is 0 Å². The van der Waals surface area contributed by atoms with Crippen LogP contribution in [0.25, 0.3) is 0 Å². The van der Waals surface area contributed by atoms with Crippen LogP contribution in [-0.2, 0) is 23.6 Å². The van der Waals surface area contributed by atoms with Crippen molar-refractivity contribution in [1.82, 2.24) is 4.90 Å². The molecule has 0 aromatic carbocycles. The van der Waals surface area contributed by atoms with Crippen molar-refractivity contribution in [2.75, 3.05) is 26.6 Å². The molecule has 1 fully saturated rings. The van der Waals surface area contributed by atoms with Crippen LogP contribution in [0.3, 0.4) is 0 Å². The van der Waals surface area contributed by atoms with Crippen molar-refractivity contribution in [3.8, 4) is 0 Å². The van der Waals surface area contributed by atoms with E-state index in [0.717, 1.165) is 7.11 Å². The Hall–Kier alpha value is -1.63. The molecule has 168 valence electrons. The van der Waals surface area contributed by atoms with Gasteiger partial charge < -0.3 is 18.8 Å². The molecule has 0 aromatic rings. The molecule has 0 saturated heterocycles. The van der Waals surface area contributed by atoms with Gasteiger partial charge in [0.2, 0.25) is 0 Å². The highest BCUT2D eigenvalue weighted by atomic mass is 31.2. The molecule has 0 radical (unpaired) electrons. The lowest BCUT2D eigenvalue weighted by atomic mass is 10.1. The normalized spacial score (nSPS) is 24.5. The summed E-state index contributed by atoms with van der Waals surface area (Å²) < 4.78 is 43.1. The fourth-order valence-electron chi connectivity index (χ4n) is 2.90. The molecule has 0 bridgehead atoms. The number of amides is 2. The van der Waals surface area contributed by atoms with E-state index in [0.29, 0.717) is 4.90 Å². The third-order valence-electron chi connectivity index (χ3n) is 4.26. The second-order valence-electron chi connectivity index (χ2n) is 9.84. The summed E-state index contributed by atoms with van der Waals surface area (Å²) in [6.07, 6.45) is -3.20. The number of halogens is 1. The fourth-order valence-corrected chi connectivity index (χ4v) is 3.79. The van der Waals surface area contributed by atoms with E-state index in [1.807, 2.05) is 0 Å². The molecular weight excluding hydrogens is 404 g/mol. The van der Waals surface area contributed by atoms with Gasteiger partial charge in [-0.3, -0.25) is 0 Å². The first-order chi connectivity index (χ1) is 12.8. The quantitative estimate of drug-likeness (QED) is 0.361. The van der Waals surface area contributed by atoms with Crippen LogP contribution >= 0.6 is 7.14 Å². The average molecular weight is 437 g/mol. The number of carbonyl (C=O) groups is 3. The molecule has 8 nitrogen and oxygen atoms in total. The number of rotatable bonds is 5. The standard InChI is InChI=1S/C19H33FNO7P/c1-16(2,3)27-14(23)21(15(24)28-17(4,5)6)19(13(22)26-7)12-18(19,20)10-11-29(8,9)25/h10-12H2,1-9H3/t18-,19?/m0/s1. The molecule has 0 aliphatic heterocycles. The van der Waals surface area contributed by atoms with E-state index in [9.17, 15) is 18.9 Å². The zero-order chi connectivity index (χ0) is 23.1. The molecule has 0 spiro atoms. The topological polar surface area (TPSA) is 99.2 Å². The maximum absolute atomic E-state index is 15.7. The zero-order valence-corrected chi connectivity index (χ0v) is 19.6. The maximum atomic E-state index is 15.7. The Morgan fingerprint density at radius 1 is 1.00 bits per heavy atom. The summed E-state index contributed by atoms with van der Waals surface area (Å²) in [7, 11) is -1.57. The monoisotopic (exact) mass is 437 g/mol. The number of hydrogen-bond acceptors (Lipinski definition) is 7. The first-order valence-electron chi connectivity index (χ1n) is 9.35. The lowest BCUT2D eigenvalue weighted by Gasteiger charge is -2.33. The van der Waals surface area contributed by atoms with Gasteiger partial charge in [-0.25, -0.2) is 18.8 Å². The van der Waals surface area contributed by atoms with Gasteiger partial charge >= 0.3 is 18.2 Å². The number of alkyl halides is 1. The third kappa shape index (κ3) is 6.17. The Kier molecular flexibility index (Phi) is 6.92. The lowest BCUT2D eigenvalue weighted by molar-refractivity contribution is -0.150. The molecule has 1 aliphatic rings. The van der Waals surface area contributed by atoms with E-state index in [1.165, 1.54) is 13.3 Å². The molecule has 0 N–H and O–H groups in total. The average Bonchev–Trinajstić information content (AvgIpc) is 3.07. The van der Waals surface area contributed by atoms with E-state index in [-0.39, 0.29) is 12.6 Å². The Labute approximate surface area is 171 Å². The van der Waals surface area contributed by atoms with Crippen molar-refractivity contribution in [2.24, 2.45) is 0 Å². The molecule has 1 rings (SSSR count). The van der Waals surface area contributed by atoms with Gasteiger partial charge in [-0.05, 0) is 61.3 Å². The van der Waals surface area contributed by atoms with Crippen molar-refractivity contribution in [1.29, 1.82) is 0 Å². The summed E-state index contributed by atoms with van der Waals surface area (Å²) in [6.45, 7) is 12.4. The summed E-state index contributed by atoms with van der Waals surface area (Å²) >= 11 is 0. The van der Waals surface area contributed by atoms with Crippen molar-refractivity contribution < 1.29 is 37.5 Å². The second kappa shape index (κ2) is 7.89. The van der Waals surface area contributed by atoms with Crippen molar-refractivity contribution in [3.05, 3.63) is 0 Å². The third-order valence-corrected chi connectivity index (χ3v) is 5.56. The van der Waals surface area contributed by atoms with Gasteiger partial charge in [0, 0.05) is 12.6 Å². The largest absolute Gasteiger partial charge is 0.467 e. The van der Waals surface area contributed by atoms with Crippen molar-refractivity contribution in [3.63, 3.8) is 0 Å². The Bertz CT molecular complexity index is 693. The Balaban J connectivity index is 3.43. The molecular formula is C19H33FNO7P. The van der Waals surface area contributed by atoms with Crippen LogP contribution < -0.4 is 0 Å². The molecule has 0 heterocycles. The molecule has 2 atom stereocenters. The van der Waals surface area contributed by atoms with Crippen LogP contribution in [-0.4, -0.2) is 72.1 Å². The van der Waals surface area contributed by atoms with E-state index in [2.05, 4.69) is 0 Å². The second-order valence-corrected chi connectivity index (χ2v) is 13.4. The summed E-state index contributed by atoms with van der Waals surface area (Å²) in [5.74, 6) is -1.10. The van der Waals surface area contributed by atoms with Crippen LogP contribution in [0.1, 0.15) is 54.4 Å². The molecule has 1 unspecified atom stereocenters. The predicted octanol–water partition coefficient (Wildman–Crippen LogP) is 4.20. The number of ether oxygens (including phenoxy) is 3. The summed E-state index contributed by atoms with van der Waals surface area (Å²) in [5, 5.41) is 0. The van der Waals surface area contributed by atoms with Gasteiger partial charge in [0.25, 0.3) is 0 Å². The Morgan fingerprint density at radius 3 is 1.72 bits per heavy atom. The highest BCUT2D eigenvalue weighted by Crippen LogP contribution is 2.60. The number of nitrogens with zero attached hydrogens (tertiary/aromatic N) is 1. The van der Waals surface area contributed by atoms with E-state index in [1.54, 1.807) is 41.5 Å². The molecule has 1 saturated carbocycles. The van der Waals surface area contributed by atoms with Gasteiger partial charge in [0.1, 0.15) is 16.9 Å². The van der Waals surface area contributed by atoms with Crippen LogP contribution in [0.2, 0.25) is 0 Å². The maximum Gasteiger partial charge on any atom is 0.420 e. The van der Waals surface area contributed by atoms with Crippen LogP contribution in [0.4, 0.5) is 14.0 Å². The molecule has 10 heteroatoms. The lowest BCUT2D eigenvalue weighted by Crippen LogP contribution is -2.57. The molecule has 2 amide bonds. The van der Waals surface area contributed by atoms with Gasteiger partial charge in [-0.15, -0.1) is 0 Å². The minimum absolute atomic E-state index is 0.00127. The SMILES string of the molecule is COC(=O)C1(N(C(=O)OC(C)(C)C)C(=O)OC(C)(C)C)C[C@@]1(F)CCP(C)(C)=O. The minimum Gasteiger partial charge on any atom is -0.467 e. The molecule has 29 heavy (non-hydrogen) atoms. The Morgan fingerprint density at radius 2 is 1.41 bits per heavy atom. The summed E-state index contributed by atoms with van der Waals surface area (Å²) in [5.41, 5.74) is -6.55. The van der Waals surface area contributed by atoms with Crippen LogP contribution in [0.15, 0.2) is 0 Å². The van der Waals surface area contributed by atoms with E-state index >= 15 is 4.39 Å². The van der Waals surface area contributed by atoms with Gasteiger partial charge in [-0.1, -0.05) is 0 Å². The highest BCUT2D eigenvalue weighted by Gasteiger charge is 2.81. The number of imide groups is 1. The van der Waals surface area contributed by atoms with Gasteiger partial charge in [0.05, 0.1) is 14.3 Å². The first kappa shape index (κ1) is 25.4. The summed E-state index contributed by atoms with van der Waals surface area (Å²) in [4.78, 5) is 38.7. The number of hydrogen-bond donors (Lipinski definition) is 0. The number of methoxy groups -OCH3 is 1. The molecule has 1 aliphatic carbocycles. The smallest absolute Gasteiger partial charge is 0.420 e. The fraction of sp³-hybridized carbons (Fsp3) is 0.842. The van der Waals surface area contributed by atoms with E-state index < -0.39 is 54.1 Å². The van der Waals surface area contributed by atoms with Crippen LogP contribution in [0, 0.1) is 0 Å². The van der Waals surface area contributed by atoms with Crippen molar-refractivity contribution in [2.45, 2.75) is 76.8 Å². The summed E-state index contributed by atoms with van der Waals surface area (Å²) in [6, 6.07) is 0. The molecule has 0 aromatic heterocycles. The van der Waals surface area contributed by atoms with Gasteiger partial charge in [0.15, 0.2) is 5.54 Å². The number of carbonyl (C=O) groups excluding carboxylic acids is 3. The van der Waals surface area contributed by atoms with Crippen molar-refractivity contribution >= 4 is 25.3 Å². The zero-order valence-electron chi connectivity index (χ0n) is 18.8. The minimum atomic E-state index is -2.60. The predicted molar refractivity (Wildman–Crippen MR) is 106 cm³/mol. The van der Waals surface area contributed by atoms with Gasteiger partial charge in [-0.2, -0.15) is 4.90 Å².